The van der Waals surface area contributed by atoms with Crippen molar-refractivity contribution in [2.24, 2.45) is 5.41 Å². The maximum absolute atomic E-state index is 11.8. The van der Waals surface area contributed by atoms with E-state index in [4.69, 9.17) is 9.84 Å². The fraction of sp³-hybridized carbons (Fsp3) is 0.857. The first-order valence-electron chi connectivity index (χ1n) is 6.85. The van der Waals surface area contributed by atoms with Crippen molar-refractivity contribution in [2.45, 2.75) is 52.5 Å². The molecule has 0 aliphatic carbocycles. The normalized spacial score (nSPS) is 12.1. The number of carbonyl (C=O) groups excluding carboxylic acids is 1. The molecule has 0 unspecified atom stereocenters. The molecule has 118 valence electrons. The van der Waals surface area contributed by atoms with Gasteiger partial charge < -0.3 is 20.5 Å². The van der Waals surface area contributed by atoms with E-state index in [1.54, 1.807) is 7.11 Å². The molecule has 0 atom stereocenters. The van der Waals surface area contributed by atoms with E-state index >= 15 is 0 Å². The lowest BCUT2D eigenvalue weighted by Gasteiger charge is -2.28. The number of rotatable bonds is 9. The quantitative estimate of drug-likeness (QED) is 0.605. The Labute approximate surface area is 121 Å². The number of hydrogen-bond acceptors (Lipinski definition) is 3. The van der Waals surface area contributed by atoms with Gasteiger partial charge in [-0.05, 0) is 32.1 Å². The summed E-state index contributed by atoms with van der Waals surface area (Å²) in [4.78, 5) is 22.4. The largest absolute Gasteiger partial charge is 0.481 e. The van der Waals surface area contributed by atoms with Crippen molar-refractivity contribution in [3.8, 4) is 0 Å². The van der Waals surface area contributed by atoms with Gasteiger partial charge in [0.2, 0.25) is 0 Å². The Kier molecular flexibility index (Phi) is 7.57. The Morgan fingerprint density at radius 1 is 1.15 bits per heavy atom. The molecule has 0 radical (unpaired) electrons. The van der Waals surface area contributed by atoms with Crippen molar-refractivity contribution >= 4 is 12.0 Å². The van der Waals surface area contributed by atoms with E-state index in [-0.39, 0.29) is 17.9 Å². The van der Waals surface area contributed by atoms with Crippen LogP contribution in [0.2, 0.25) is 0 Å². The predicted octanol–water partition coefficient (Wildman–Crippen LogP) is 1.99. The molecule has 0 saturated heterocycles. The minimum atomic E-state index is -0.860. The second-order valence-corrected chi connectivity index (χ2v) is 6.49. The Hall–Kier alpha value is -1.30. The third kappa shape index (κ3) is 9.61. The monoisotopic (exact) mass is 288 g/mol. The van der Waals surface area contributed by atoms with Crippen molar-refractivity contribution in [1.29, 1.82) is 0 Å². The van der Waals surface area contributed by atoms with Gasteiger partial charge >= 0.3 is 12.0 Å². The topological polar surface area (TPSA) is 87.7 Å². The summed E-state index contributed by atoms with van der Waals surface area (Å²) in [6.07, 6.45) is 1.28. The van der Waals surface area contributed by atoms with Crippen LogP contribution in [0.1, 0.15) is 47.0 Å². The van der Waals surface area contributed by atoms with Crippen molar-refractivity contribution < 1.29 is 19.4 Å². The van der Waals surface area contributed by atoms with Crippen LogP contribution in [0, 0.1) is 5.41 Å². The molecular weight excluding hydrogens is 260 g/mol. The summed E-state index contributed by atoms with van der Waals surface area (Å²) >= 11 is 0. The number of amides is 2. The van der Waals surface area contributed by atoms with Gasteiger partial charge in [-0.3, -0.25) is 4.79 Å². The highest BCUT2D eigenvalue weighted by Crippen LogP contribution is 2.18. The number of methoxy groups -OCH3 is 1. The van der Waals surface area contributed by atoms with Crippen molar-refractivity contribution in [1.82, 2.24) is 10.6 Å². The molecule has 0 rings (SSSR count). The highest BCUT2D eigenvalue weighted by atomic mass is 16.5. The molecule has 2 amide bonds. The summed E-state index contributed by atoms with van der Waals surface area (Å²) in [5.74, 6) is -0.860. The molecule has 0 bridgehead atoms. The second-order valence-electron chi connectivity index (χ2n) is 6.49. The maximum Gasteiger partial charge on any atom is 0.315 e. The van der Waals surface area contributed by atoms with Gasteiger partial charge in [0.15, 0.2) is 0 Å². The number of carbonyl (C=O) groups is 2. The fourth-order valence-electron chi connectivity index (χ4n) is 1.62. The smallest absolute Gasteiger partial charge is 0.315 e. The van der Waals surface area contributed by atoms with E-state index < -0.39 is 11.5 Å². The van der Waals surface area contributed by atoms with Crippen LogP contribution >= 0.6 is 0 Å². The zero-order chi connectivity index (χ0) is 15.8. The average Bonchev–Trinajstić information content (AvgIpc) is 2.31. The van der Waals surface area contributed by atoms with Crippen LogP contribution in [0.4, 0.5) is 4.79 Å². The van der Waals surface area contributed by atoms with E-state index in [1.807, 2.05) is 13.8 Å². The summed E-state index contributed by atoms with van der Waals surface area (Å²) in [5, 5.41) is 14.3. The molecule has 0 spiro atoms. The molecule has 0 aromatic heterocycles. The van der Waals surface area contributed by atoms with Gasteiger partial charge in [0.25, 0.3) is 0 Å². The summed E-state index contributed by atoms with van der Waals surface area (Å²) in [6, 6.07) is -0.272. The van der Waals surface area contributed by atoms with Crippen LogP contribution in [-0.2, 0) is 9.53 Å². The maximum atomic E-state index is 11.8. The predicted molar refractivity (Wildman–Crippen MR) is 77.8 cm³/mol. The molecule has 0 saturated carbocycles. The number of nitrogens with one attached hydrogen (secondary N) is 2. The van der Waals surface area contributed by atoms with Crippen LogP contribution in [0.5, 0.6) is 0 Å². The number of aliphatic carboxylic acids is 1. The zero-order valence-corrected chi connectivity index (χ0v) is 13.2. The Bertz CT molecular complexity index is 327. The van der Waals surface area contributed by atoms with E-state index in [2.05, 4.69) is 24.5 Å². The highest BCUT2D eigenvalue weighted by Gasteiger charge is 2.23. The molecule has 0 aromatic rings. The van der Waals surface area contributed by atoms with Crippen molar-refractivity contribution in [3.05, 3.63) is 0 Å². The zero-order valence-electron chi connectivity index (χ0n) is 13.2. The highest BCUT2D eigenvalue weighted by molar-refractivity contribution is 5.75. The summed E-state index contributed by atoms with van der Waals surface area (Å²) < 4.78 is 5.04. The Morgan fingerprint density at radius 2 is 1.75 bits per heavy atom. The Balaban J connectivity index is 4.12. The van der Waals surface area contributed by atoms with E-state index in [0.717, 1.165) is 6.42 Å². The Morgan fingerprint density at radius 3 is 2.25 bits per heavy atom. The van der Waals surface area contributed by atoms with Gasteiger partial charge in [0.1, 0.15) is 0 Å². The van der Waals surface area contributed by atoms with Crippen LogP contribution < -0.4 is 10.6 Å². The lowest BCUT2D eigenvalue weighted by molar-refractivity contribution is -0.137. The van der Waals surface area contributed by atoms with Gasteiger partial charge in [-0.25, -0.2) is 4.79 Å². The first-order chi connectivity index (χ1) is 9.08. The third-order valence-electron chi connectivity index (χ3n) is 3.13. The molecule has 0 heterocycles. The van der Waals surface area contributed by atoms with E-state index in [1.165, 1.54) is 0 Å². The molecule has 0 aromatic carbocycles. The number of urea groups is 1. The molecule has 20 heavy (non-hydrogen) atoms. The SMILES string of the molecule is COCCC(C)(C)CNC(=O)NC(C)(C)CCC(=O)O. The summed E-state index contributed by atoms with van der Waals surface area (Å²) in [5.41, 5.74) is -0.586. The van der Waals surface area contributed by atoms with Crippen LogP contribution in [0.15, 0.2) is 0 Å². The summed E-state index contributed by atoms with van der Waals surface area (Å²) in [6.45, 7) is 8.93. The van der Waals surface area contributed by atoms with Crippen LogP contribution in [0.3, 0.4) is 0 Å². The van der Waals surface area contributed by atoms with Gasteiger partial charge in [-0.2, -0.15) is 0 Å². The molecule has 0 aliphatic heterocycles. The molecule has 3 N–H and O–H groups in total. The number of hydrogen-bond donors (Lipinski definition) is 3. The van der Waals surface area contributed by atoms with E-state index in [0.29, 0.717) is 19.6 Å². The number of ether oxygens (including phenoxy) is 1. The van der Waals surface area contributed by atoms with Crippen molar-refractivity contribution in [2.75, 3.05) is 20.3 Å². The third-order valence-corrected chi connectivity index (χ3v) is 3.13. The van der Waals surface area contributed by atoms with Gasteiger partial charge in [-0.15, -0.1) is 0 Å². The average molecular weight is 288 g/mol. The minimum absolute atomic E-state index is 0.0343. The van der Waals surface area contributed by atoms with Gasteiger partial charge in [0, 0.05) is 32.2 Å². The van der Waals surface area contributed by atoms with Gasteiger partial charge in [-0.1, -0.05) is 13.8 Å². The molecule has 6 nitrogen and oxygen atoms in total. The van der Waals surface area contributed by atoms with E-state index in [9.17, 15) is 9.59 Å². The first kappa shape index (κ1) is 18.7. The molecule has 6 heteroatoms. The minimum Gasteiger partial charge on any atom is -0.481 e. The van der Waals surface area contributed by atoms with Crippen molar-refractivity contribution in [3.63, 3.8) is 0 Å². The molecule has 0 fully saturated rings. The lowest BCUT2D eigenvalue weighted by Crippen LogP contribution is -2.50. The lowest BCUT2D eigenvalue weighted by atomic mass is 9.90. The number of carboxylic acids is 1. The molecule has 0 aliphatic rings. The first-order valence-corrected chi connectivity index (χ1v) is 6.85. The van der Waals surface area contributed by atoms with Gasteiger partial charge in [0.05, 0.1) is 0 Å². The standard InChI is InChI=1S/C14H28N2O4/c1-13(2,8-9-20-5)10-15-12(19)16-14(3,4)7-6-11(17)18/h6-10H2,1-5H3,(H,17,18)(H2,15,16,19). The number of carboxylic acid groups (broad SMARTS) is 1. The molecular formula is C14H28N2O4. The van der Waals surface area contributed by atoms with Crippen LogP contribution in [0.25, 0.3) is 0 Å². The summed E-state index contributed by atoms with van der Waals surface area (Å²) in [7, 11) is 1.65. The second kappa shape index (κ2) is 8.09. The fourth-order valence-corrected chi connectivity index (χ4v) is 1.62. The van der Waals surface area contributed by atoms with Crippen LogP contribution in [-0.4, -0.2) is 42.9 Å².